The molecule has 0 saturated heterocycles. The van der Waals surface area contributed by atoms with Crippen LogP contribution in [0.25, 0.3) is 11.0 Å². The lowest BCUT2D eigenvalue weighted by Crippen LogP contribution is -2.24. The van der Waals surface area contributed by atoms with Gasteiger partial charge in [-0.25, -0.2) is 4.98 Å². The molecule has 0 aliphatic rings. The minimum Gasteiger partial charge on any atom is -0.479 e. The summed E-state index contributed by atoms with van der Waals surface area (Å²) in [5.74, 6) is 5.98. The molecule has 0 aliphatic carbocycles. The summed E-state index contributed by atoms with van der Waals surface area (Å²) < 4.78 is 5.37. The highest BCUT2D eigenvalue weighted by Crippen LogP contribution is 2.08. The van der Waals surface area contributed by atoms with Crippen LogP contribution in [0.5, 0.6) is 5.75 Å². The molecule has 0 aliphatic heterocycles. The molecule has 0 radical (unpaired) electrons. The highest BCUT2D eigenvalue weighted by molar-refractivity contribution is 5.93. The van der Waals surface area contributed by atoms with E-state index in [2.05, 4.69) is 32.1 Å². The Balaban J connectivity index is 1.49. The maximum Gasteiger partial charge on any atom is 0.272 e. The van der Waals surface area contributed by atoms with Gasteiger partial charge in [0.2, 0.25) is 0 Å². The van der Waals surface area contributed by atoms with Crippen molar-refractivity contribution in [3.8, 4) is 17.6 Å². The highest BCUT2D eigenvalue weighted by Gasteiger charge is 2.07. The van der Waals surface area contributed by atoms with Gasteiger partial charge in [0.25, 0.3) is 5.91 Å². The first-order chi connectivity index (χ1) is 11.8. The molecule has 0 atom stereocenters. The molecule has 0 bridgehead atoms. The summed E-state index contributed by atoms with van der Waals surface area (Å²) in [7, 11) is 0. The lowest BCUT2D eigenvalue weighted by Gasteiger charge is -2.02. The number of fused-ring (bicyclic) bond motifs is 1. The molecule has 118 valence electrons. The zero-order chi connectivity index (χ0) is 16.6. The Labute approximate surface area is 138 Å². The van der Waals surface area contributed by atoms with Crippen LogP contribution in [-0.4, -0.2) is 34.0 Å². The SMILES string of the molecule is O=C(NCC#CCOc1cccnc1)c1cnc2ccccc2n1. The number of nitrogens with zero attached hydrogens (tertiary/aromatic N) is 3. The van der Waals surface area contributed by atoms with E-state index in [0.29, 0.717) is 11.3 Å². The van der Waals surface area contributed by atoms with E-state index >= 15 is 0 Å². The topological polar surface area (TPSA) is 77.0 Å². The second-order valence-electron chi connectivity index (χ2n) is 4.76. The van der Waals surface area contributed by atoms with E-state index < -0.39 is 0 Å². The summed E-state index contributed by atoms with van der Waals surface area (Å²) in [5, 5.41) is 2.68. The molecule has 2 aromatic heterocycles. The Kier molecular flexibility index (Phi) is 4.95. The molecule has 6 nitrogen and oxygen atoms in total. The Morgan fingerprint density at radius 1 is 1.08 bits per heavy atom. The van der Waals surface area contributed by atoms with Gasteiger partial charge in [0, 0.05) is 6.20 Å². The van der Waals surface area contributed by atoms with Crippen LogP contribution in [0.4, 0.5) is 0 Å². The number of amides is 1. The van der Waals surface area contributed by atoms with Gasteiger partial charge in [-0.15, -0.1) is 0 Å². The number of rotatable bonds is 4. The van der Waals surface area contributed by atoms with E-state index in [0.717, 1.165) is 5.52 Å². The van der Waals surface area contributed by atoms with Crippen LogP contribution < -0.4 is 10.1 Å². The average molecular weight is 318 g/mol. The smallest absolute Gasteiger partial charge is 0.272 e. The molecular weight excluding hydrogens is 304 g/mol. The van der Waals surface area contributed by atoms with Crippen LogP contribution in [0.1, 0.15) is 10.5 Å². The third-order valence-electron chi connectivity index (χ3n) is 3.09. The van der Waals surface area contributed by atoms with Gasteiger partial charge in [0.15, 0.2) is 0 Å². The monoisotopic (exact) mass is 318 g/mol. The molecule has 0 spiro atoms. The van der Waals surface area contributed by atoms with Gasteiger partial charge < -0.3 is 10.1 Å². The maximum atomic E-state index is 12.0. The second-order valence-corrected chi connectivity index (χ2v) is 4.76. The molecule has 3 aromatic rings. The van der Waals surface area contributed by atoms with Crippen LogP contribution >= 0.6 is 0 Å². The van der Waals surface area contributed by atoms with Crippen molar-refractivity contribution in [1.29, 1.82) is 0 Å². The summed E-state index contributed by atoms with van der Waals surface area (Å²) in [5.41, 5.74) is 1.70. The van der Waals surface area contributed by atoms with Crippen molar-refractivity contribution in [3.05, 3.63) is 60.7 Å². The number of para-hydroxylation sites is 2. The van der Waals surface area contributed by atoms with Gasteiger partial charge in [0.05, 0.1) is 30.0 Å². The fraction of sp³-hybridized carbons (Fsp3) is 0.111. The number of hydrogen-bond acceptors (Lipinski definition) is 5. The van der Waals surface area contributed by atoms with Crippen LogP contribution in [0, 0.1) is 11.8 Å². The van der Waals surface area contributed by atoms with Gasteiger partial charge in [-0.1, -0.05) is 24.0 Å². The first-order valence-corrected chi connectivity index (χ1v) is 7.31. The number of carbonyl (C=O) groups excluding carboxylic acids is 1. The van der Waals surface area contributed by atoms with Gasteiger partial charge >= 0.3 is 0 Å². The van der Waals surface area contributed by atoms with E-state index in [4.69, 9.17) is 4.74 Å². The van der Waals surface area contributed by atoms with Crippen molar-refractivity contribution >= 4 is 16.9 Å². The average Bonchev–Trinajstić information content (AvgIpc) is 2.65. The molecule has 0 unspecified atom stereocenters. The standard InChI is InChI=1S/C18H14N4O2/c23-18(17-13-21-15-7-1-2-8-16(15)22-17)20-10-3-4-11-24-14-6-5-9-19-12-14/h1-2,5-9,12-13H,10-11H2,(H,20,23). The maximum absolute atomic E-state index is 12.0. The minimum atomic E-state index is -0.310. The van der Waals surface area contributed by atoms with Gasteiger partial charge in [0.1, 0.15) is 18.1 Å². The molecule has 1 amide bonds. The molecule has 0 saturated carbocycles. The molecular formula is C18H14N4O2. The second kappa shape index (κ2) is 7.70. The van der Waals surface area contributed by atoms with E-state index in [1.807, 2.05) is 24.3 Å². The fourth-order valence-corrected chi connectivity index (χ4v) is 1.95. The van der Waals surface area contributed by atoms with E-state index in [-0.39, 0.29) is 24.8 Å². The normalized spacial score (nSPS) is 9.83. The van der Waals surface area contributed by atoms with Crippen LogP contribution in [0.2, 0.25) is 0 Å². The summed E-state index contributed by atoms with van der Waals surface area (Å²) in [6.07, 6.45) is 4.74. The number of nitrogens with one attached hydrogen (secondary N) is 1. The number of hydrogen-bond donors (Lipinski definition) is 1. The van der Waals surface area contributed by atoms with Gasteiger partial charge in [-0.2, -0.15) is 0 Å². The molecule has 3 rings (SSSR count). The van der Waals surface area contributed by atoms with Crippen molar-refractivity contribution in [2.75, 3.05) is 13.2 Å². The molecule has 0 fully saturated rings. The lowest BCUT2D eigenvalue weighted by atomic mass is 10.3. The van der Waals surface area contributed by atoms with E-state index in [9.17, 15) is 4.79 Å². The summed E-state index contributed by atoms with van der Waals surface area (Å²) in [6.45, 7) is 0.446. The number of carbonyl (C=O) groups is 1. The highest BCUT2D eigenvalue weighted by atomic mass is 16.5. The van der Waals surface area contributed by atoms with Crippen molar-refractivity contribution in [1.82, 2.24) is 20.3 Å². The Hall–Kier alpha value is -3.46. The molecule has 6 heteroatoms. The van der Waals surface area contributed by atoms with Crippen LogP contribution in [-0.2, 0) is 0 Å². The van der Waals surface area contributed by atoms with E-state index in [1.165, 1.54) is 6.20 Å². The zero-order valence-corrected chi connectivity index (χ0v) is 12.8. The third kappa shape index (κ3) is 4.05. The van der Waals surface area contributed by atoms with Crippen LogP contribution in [0.15, 0.2) is 55.0 Å². The predicted molar refractivity (Wildman–Crippen MR) is 89.4 cm³/mol. The molecule has 2 heterocycles. The Morgan fingerprint density at radius 2 is 1.96 bits per heavy atom. The van der Waals surface area contributed by atoms with Crippen molar-refractivity contribution in [2.24, 2.45) is 0 Å². The summed E-state index contributed by atoms with van der Waals surface area (Å²) in [4.78, 5) is 24.4. The zero-order valence-electron chi connectivity index (χ0n) is 12.8. The van der Waals surface area contributed by atoms with Crippen molar-refractivity contribution < 1.29 is 9.53 Å². The number of aromatic nitrogens is 3. The number of benzene rings is 1. The van der Waals surface area contributed by atoms with Gasteiger partial charge in [-0.3, -0.25) is 14.8 Å². The molecule has 1 N–H and O–H groups in total. The van der Waals surface area contributed by atoms with Crippen molar-refractivity contribution in [3.63, 3.8) is 0 Å². The Bertz CT molecular complexity index is 901. The van der Waals surface area contributed by atoms with E-state index in [1.54, 1.807) is 24.5 Å². The van der Waals surface area contributed by atoms with Gasteiger partial charge in [-0.05, 0) is 24.3 Å². The lowest BCUT2D eigenvalue weighted by molar-refractivity contribution is 0.0953. The largest absolute Gasteiger partial charge is 0.479 e. The molecule has 24 heavy (non-hydrogen) atoms. The van der Waals surface area contributed by atoms with Crippen LogP contribution in [0.3, 0.4) is 0 Å². The van der Waals surface area contributed by atoms with Crippen molar-refractivity contribution in [2.45, 2.75) is 0 Å². The first kappa shape index (κ1) is 15.4. The summed E-state index contributed by atoms with van der Waals surface area (Å²) >= 11 is 0. The minimum absolute atomic E-state index is 0.212. The first-order valence-electron chi connectivity index (χ1n) is 7.31. The Morgan fingerprint density at radius 3 is 2.79 bits per heavy atom. The number of pyridine rings is 1. The molecule has 1 aromatic carbocycles. The summed E-state index contributed by atoms with van der Waals surface area (Å²) in [6, 6.07) is 11.0. The number of ether oxygens (including phenoxy) is 1. The predicted octanol–water partition coefficient (Wildman–Crippen LogP) is 1.84. The quantitative estimate of drug-likeness (QED) is 0.743. The fourth-order valence-electron chi connectivity index (χ4n) is 1.95. The third-order valence-corrected chi connectivity index (χ3v) is 3.09.